The molecule has 21 heavy (non-hydrogen) atoms. The van der Waals surface area contributed by atoms with E-state index in [1.54, 1.807) is 0 Å². The van der Waals surface area contributed by atoms with Gasteiger partial charge in [0.25, 0.3) is 0 Å². The molecule has 3 rings (SSSR count). The lowest BCUT2D eigenvalue weighted by Gasteiger charge is -2.29. The Balaban J connectivity index is 1.84. The number of hydrogen-bond donors (Lipinski definition) is 1. The summed E-state index contributed by atoms with van der Waals surface area (Å²) in [4.78, 5) is 18.3. The monoisotopic (exact) mass is 290 g/mol. The molecule has 6 nitrogen and oxygen atoms in total. The Morgan fingerprint density at radius 1 is 1.14 bits per heavy atom. The molecule has 1 aliphatic carbocycles. The van der Waals surface area contributed by atoms with Crippen molar-refractivity contribution < 1.29 is 0 Å². The van der Waals surface area contributed by atoms with Crippen molar-refractivity contribution in [1.82, 2.24) is 15.0 Å². The quantitative estimate of drug-likeness (QED) is 0.896. The third-order valence-corrected chi connectivity index (χ3v) is 4.70. The minimum atomic E-state index is 0.492. The van der Waals surface area contributed by atoms with Gasteiger partial charge in [-0.05, 0) is 44.9 Å². The largest absolute Gasteiger partial charge is 0.357 e. The third kappa shape index (κ3) is 3.19. The van der Waals surface area contributed by atoms with Crippen molar-refractivity contribution >= 4 is 17.8 Å². The van der Waals surface area contributed by atoms with Crippen molar-refractivity contribution in [2.75, 3.05) is 42.3 Å². The minimum absolute atomic E-state index is 0.492. The van der Waals surface area contributed by atoms with Gasteiger partial charge >= 0.3 is 0 Å². The zero-order valence-corrected chi connectivity index (χ0v) is 13.3. The Hall–Kier alpha value is -1.59. The molecule has 0 aromatic carbocycles. The van der Waals surface area contributed by atoms with Gasteiger partial charge in [-0.3, -0.25) is 0 Å². The van der Waals surface area contributed by atoms with E-state index in [0.29, 0.717) is 12.0 Å². The molecular formula is C15H26N6. The maximum atomic E-state index is 4.73. The summed E-state index contributed by atoms with van der Waals surface area (Å²) in [6, 6.07) is 0.492. The lowest BCUT2D eigenvalue weighted by Crippen LogP contribution is -2.35. The smallest absolute Gasteiger partial charge is 0.231 e. The summed E-state index contributed by atoms with van der Waals surface area (Å²) < 4.78 is 0. The van der Waals surface area contributed by atoms with E-state index in [0.717, 1.165) is 30.9 Å². The zero-order valence-electron chi connectivity index (χ0n) is 13.3. The van der Waals surface area contributed by atoms with Crippen LogP contribution in [0.3, 0.4) is 0 Å². The molecule has 1 aromatic heterocycles. The van der Waals surface area contributed by atoms with Crippen LogP contribution in [0.15, 0.2) is 0 Å². The van der Waals surface area contributed by atoms with Gasteiger partial charge in [-0.25, -0.2) is 0 Å². The fraction of sp³-hybridized carbons (Fsp3) is 0.800. The number of hydrogen-bond acceptors (Lipinski definition) is 6. The van der Waals surface area contributed by atoms with Gasteiger partial charge in [-0.2, -0.15) is 15.0 Å². The molecule has 1 atom stereocenters. The summed E-state index contributed by atoms with van der Waals surface area (Å²) in [5, 5.41) is 3.07. The Bertz CT molecular complexity index is 481. The standard InChI is InChI=1S/C15H26N6/c1-11(12-7-8-12)20(3)14-17-13(16-2)18-15(19-14)21-9-5-4-6-10-21/h11-12H,4-10H2,1-3H3,(H,16,17,18,19). The fourth-order valence-corrected chi connectivity index (χ4v) is 2.94. The van der Waals surface area contributed by atoms with Crippen molar-refractivity contribution in [3.8, 4) is 0 Å². The van der Waals surface area contributed by atoms with Gasteiger partial charge in [0, 0.05) is 33.2 Å². The van der Waals surface area contributed by atoms with Gasteiger partial charge in [-0.15, -0.1) is 0 Å². The van der Waals surface area contributed by atoms with Crippen molar-refractivity contribution in [3.05, 3.63) is 0 Å². The number of anilines is 3. The molecule has 1 aliphatic heterocycles. The highest BCUT2D eigenvalue weighted by Crippen LogP contribution is 2.35. The van der Waals surface area contributed by atoms with Crippen molar-refractivity contribution in [1.29, 1.82) is 0 Å². The molecule has 0 bridgehead atoms. The molecule has 0 amide bonds. The van der Waals surface area contributed by atoms with E-state index in [1.165, 1.54) is 32.1 Å². The highest BCUT2D eigenvalue weighted by Gasteiger charge is 2.32. The Morgan fingerprint density at radius 2 is 1.86 bits per heavy atom. The summed E-state index contributed by atoms with van der Waals surface area (Å²) in [7, 11) is 3.96. The number of rotatable bonds is 5. The van der Waals surface area contributed by atoms with Crippen LogP contribution in [0.4, 0.5) is 17.8 Å². The Labute approximate surface area is 127 Å². The van der Waals surface area contributed by atoms with Crippen LogP contribution in [0.5, 0.6) is 0 Å². The molecule has 116 valence electrons. The first-order valence-corrected chi connectivity index (χ1v) is 8.10. The molecule has 6 heteroatoms. The van der Waals surface area contributed by atoms with E-state index in [4.69, 9.17) is 4.98 Å². The average Bonchev–Trinajstić information content (AvgIpc) is 3.38. The predicted octanol–water partition coefficient (Wildman–Crippen LogP) is 2.14. The Kier molecular flexibility index (Phi) is 4.12. The van der Waals surface area contributed by atoms with Crippen LogP contribution >= 0.6 is 0 Å². The number of nitrogens with one attached hydrogen (secondary N) is 1. The van der Waals surface area contributed by atoms with Gasteiger partial charge < -0.3 is 15.1 Å². The molecule has 1 aromatic rings. The molecule has 1 saturated carbocycles. The summed E-state index contributed by atoms with van der Waals surface area (Å²) in [5.41, 5.74) is 0. The van der Waals surface area contributed by atoms with Crippen LogP contribution < -0.4 is 15.1 Å². The molecule has 1 unspecified atom stereocenters. The van der Waals surface area contributed by atoms with Crippen molar-refractivity contribution in [3.63, 3.8) is 0 Å². The van der Waals surface area contributed by atoms with Crippen LogP contribution in [0, 0.1) is 5.92 Å². The SMILES string of the molecule is CNc1nc(N2CCCCC2)nc(N(C)C(C)C2CC2)n1. The second-order valence-corrected chi connectivity index (χ2v) is 6.25. The normalized spacial score (nSPS) is 20.2. The molecule has 1 N–H and O–H groups in total. The van der Waals surface area contributed by atoms with Gasteiger partial charge in [0.05, 0.1) is 0 Å². The van der Waals surface area contributed by atoms with E-state index in [9.17, 15) is 0 Å². The minimum Gasteiger partial charge on any atom is -0.357 e. The highest BCUT2D eigenvalue weighted by atomic mass is 15.4. The molecule has 2 fully saturated rings. The van der Waals surface area contributed by atoms with Crippen molar-refractivity contribution in [2.45, 2.75) is 45.1 Å². The zero-order chi connectivity index (χ0) is 14.8. The second kappa shape index (κ2) is 6.03. The van der Waals surface area contributed by atoms with Gasteiger partial charge in [0.1, 0.15) is 0 Å². The average molecular weight is 290 g/mol. The first-order valence-electron chi connectivity index (χ1n) is 8.10. The molecule has 1 saturated heterocycles. The lowest BCUT2D eigenvalue weighted by molar-refractivity contribution is 0.563. The van der Waals surface area contributed by atoms with E-state index >= 15 is 0 Å². The summed E-state index contributed by atoms with van der Waals surface area (Å²) in [6.45, 7) is 4.37. The van der Waals surface area contributed by atoms with Crippen LogP contribution in [0.1, 0.15) is 39.0 Å². The van der Waals surface area contributed by atoms with Gasteiger partial charge in [-0.1, -0.05) is 0 Å². The van der Waals surface area contributed by atoms with Crippen LogP contribution in [-0.4, -0.2) is 48.2 Å². The Morgan fingerprint density at radius 3 is 2.48 bits per heavy atom. The summed E-state index contributed by atoms with van der Waals surface area (Å²) in [5.74, 6) is 3.06. The fourth-order valence-electron chi connectivity index (χ4n) is 2.94. The highest BCUT2D eigenvalue weighted by molar-refractivity contribution is 5.45. The third-order valence-electron chi connectivity index (χ3n) is 4.70. The van der Waals surface area contributed by atoms with E-state index in [2.05, 4.69) is 39.1 Å². The summed E-state index contributed by atoms with van der Waals surface area (Å²) >= 11 is 0. The van der Waals surface area contributed by atoms with Gasteiger partial charge in [0.2, 0.25) is 17.8 Å². The maximum Gasteiger partial charge on any atom is 0.231 e. The molecule has 0 radical (unpaired) electrons. The van der Waals surface area contributed by atoms with Crippen LogP contribution in [-0.2, 0) is 0 Å². The van der Waals surface area contributed by atoms with Crippen LogP contribution in [0.25, 0.3) is 0 Å². The lowest BCUT2D eigenvalue weighted by atomic mass is 10.1. The first kappa shape index (κ1) is 14.4. The van der Waals surface area contributed by atoms with Crippen LogP contribution in [0.2, 0.25) is 0 Å². The van der Waals surface area contributed by atoms with Gasteiger partial charge in [0.15, 0.2) is 0 Å². The molecule has 2 aliphatic rings. The van der Waals surface area contributed by atoms with E-state index in [1.807, 2.05) is 7.05 Å². The number of aromatic nitrogens is 3. The number of nitrogens with zero attached hydrogens (tertiary/aromatic N) is 5. The molecular weight excluding hydrogens is 264 g/mol. The number of piperidine rings is 1. The topological polar surface area (TPSA) is 57.2 Å². The second-order valence-electron chi connectivity index (χ2n) is 6.25. The molecule has 0 spiro atoms. The maximum absolute atomic E-state index is 4.73. The van der Waals surface area contributed by atoms with Crippen molar-refractivity contribution in [2.24, 2.45) is 5.92 Å². The predicted molar refractivity (Wildman–Crippen MR) is 86.0 cm³/mol. The summed E-state index contributed by atoms with van der Waals surface area (Å²) in [6.07, 6.45) is 6.42. The van der Waals surface area contributed by atoms with E-state index < -0.39 is 0 Å². The first-order chi connectivity index (χ1) is 10.2. The van der Waals surface area contributed by atoms with E-state index in [-0.39, 0.29) is 0 Å². The molecule has 2 heterocycles.